The SMILES string of the molecule is COC(=O)c1ccccc1N(C)C(=O)c1scc(C)c1Cl. The van der Waals surface area contributed by atoms with E-state index in [-0.39, 0.29) is 5.91 Å². The van der Waals surface area contributed by atoms with Crippen LogP contribution in [0.25, 0.3) is 0 Å². The third-order valence-corrected chi connectivity index (χ3v) is 4.75. The van der Waals surface area contributed by atoms with Crippen molar-refractivity contribution in [3.63, 3.8) is 0 Å². The number of thiophene rings is 1. The Morgan fingerprint density at radius 1 is 1.29 bits per heavy atom. The second-order valence-electron chi connectivity index (χ2n) is 4.43. The van der Waals surface area contributed by atoms with E-state index in [9.17, 15) is 9.59 Å². The average molecular weight is 324 g/mol. The largest absolute Gasteiger partial charge is 0.465 e. The Kier molecular flexibility index (Phi) is 4.65. The molecule has 1 aromatic carbocycles. The molecule has 0 fully saturated rings. The highest BCUT2D eigenvalue weighted by molar-refractivity contribution is 7.13. The van der Waals surface area contributed by atoms with Crippen LogP contribution in [0.5, 0.6) is 0 Å². The van der Waals surface area contributed by atoms with Crippen molar-refractivity contribution in [1.29, 1.82) is 0 Å². The van der Waals surface area contributed by atoms with E-state index >= 15 is 0 Å². The lowest BCUT2D eigenvalue weighted by Gasteiger charge is -2.19. The van der Waals surface area contributed by atoms with Gasteiger partial charge in [0.2, 0.25) is 0 Å². The van der Waals surface area contributed by atoms with E-state index in [0.717, 1.165) is 5.56 Å². The van der Waals surface area contributed by atoms with Crippen molar-refractivity contribution in [1.82, 2.24) is 0 Å². The second-order valence-corrected chi connectivity index (χ2v) is 5.69. The Morgan fingerprint density at radius 3 is 2.52 bits per heavy atom. The van der Waals surface area contributed by atoms with Crippen LogP contribution in [0.4, 0.5) is 5.69 Å². The lowest BCUT2D eigenvalue weighted by Crippen LogP contribution is -2.27. The zero-order valence-electron chi connectivity index (χ0n) is 11.8. The van der Waals surface area contributed by atoms with Gasteiger partial charge in [-0.15, -0.1) is 11.3 Å². The van der Waals surface area contributed by atoms with Crippen LogP contribution in [0.3, 0.4) is 0 Å². The standard InChI is InChI=1S/C15H14ClNO3S/c1-9-8-21-13(12(9)16)14(18)17(2)11-7-5-4-6-10(11)15(19)20-3/h4-8H,1-3H3. The number of nitrogens with zero attached hydrogens (tertiary/aromatic N) is 1. The maximum atomic E-state index is 12.5. The molecule has 1 amide bonds. The second kappa shape index (κ2) is 6.28. The van der Waals surface area contributed by atoms with Crippen molar-refractivity contribution < 1.29 is 14.3 Å². The van der Waals surface area contributed by atoms with Crippen molar-refractivity contribution in [3.8, 4) is 0 Å². The van der Waals surface area contributed by atoms with Crippen LogP contribution in [0.1, 0.15) is 25.6 Å². The summed E-state index contributed by atoms with van der Waals surface area (Å²) in [5, 5.41) is 2.28. The van der Waals surface area contributed by atoms with Gasteiger partial charge < -0.3 is 9.64 Å². The van der Waals surface area contributed by atoms with Gasteiger partial charge in [-0.05, 0) is 30.0 Å². The minimum absolute atomic E-state index is 0.255. The maximum absolute atomic E-state index is 12.5. The van der Waals surface area contributed by atoms with Gasteiger partial charge in [-0.3, -0.25) is 4.79 Å². The van der Waals surface area contributed by atoms with E-state index in [1.807, 2.05) is 12.3 Å². The molecule has 0 radical (unpaired) electrons. The molecule has 21 heavy (non-hydrogen) atoms. The van der Waals surface area contributed by atoms with Crippen molar-refractivity contribution in [3.05, 3.63) is 50.7 Å². The summed E-state index contributed by atoms with van der Waals surface area (Å²) in [4.78, 5) is 26.2. The first-order chi connectivity index (χ1) is 9.97. The van der Waals surface area contributed by atoms with Crippen LogP contribution in [0.2, 0.25) is 5.02 Å². The summed E-state index contributed by atoms with van der Waals surface area (Å²) in [6.45, 7) is 1.85. The van der Waals surface area contributed by atoms with Gasteiger partial charge in [0.25, 0.3) is 5.91 Å². The Labute approximate surface area is 131 Å². The van der Waals surface area contributed by atoms with Crippen LogP contribution in [0.15, 0.2) is 29.6 Å². The zero-order valence-corrected chi connectivity index (χ0v) is 13.4. The first-order valence-corrected chi connectivity index (χ1v) is 7.42. The molecule has 0 unspecified atom stereocenters. The normalized spacial score (nSPS) is 10.3. The molecule has 0 atom stereocenters. The third kappa shape index (κ3) is 2.94. The van der Waals surface area contributed by atoms with Crippen LogP contribution in [-0.4, -0.2) is 26.0 Å². The fourth-order valence-electron chi connectivity index (χ4n) is 1.88. The Hall–Kier alpha value is -1.85. The van der Waals surface area contributed by atoms with Crippen molar-refractivity contribution in [2.24, 2.45) is 0 Å². The van der Waals surface area contributed by atoms with E-state index in [1.165, 1.54) is 23.3 Å². The Bertz CT molecular complexity index is 696. The van der Waals surface area contributed by atoms with Gasteiger partial charge in [-0.2, -0.15) is 0 Å². The number of para-hydroxylation sites is 1. The number of methoxy groups -OCH3 is 1. The molecule has 1 aromatic heterocycles. The van der Waals surface area contributed by atoms with Crippen LogP contribution < -0.4 is 4.90 Å². The number of ether oxygens (including phenoxy) is 1. The minimum Gasteiger partial charge on any atom is -0.465 e. The number of hydrogen-bond acceptors (Lipinski definition) is 4. The molecule has 1 heterocycles. The van der Waals surface area contributed by atoms with Crippen molar-refractivity contribution in [2.75, 3.05) is 19.1 Å². The number of rotatable bonds is 3. The summed E-state index contributed by atoms with van der Waals surface area (Å²) in [5.41, 5.74) is 1.68. The van der Waals surface area contributed by atoms with Crippen molar-refractivity contribution in [2.45, 2.75) is 6.92 Å². The number of esters is 1. The molecule has 0 aliphatic heterocycles. The van der Waals surface area contributed by atoms with E-state index < -0.39 is 5.97 Å². The highest BCUT2D eigenvalue weighted by Crippen LogP contribution is 2.30. The lowest BCUT2D eigenvalue weighted by molar-refractivity contribution is 0.0601. The first kappa shape index (κ1) is 15.5. The molecule has 4 nitrogen and oxygen atoms in total. The van der Waals surface area contributed by atoms with E-state index in [1.54, 1.807) is 31.3 Å². The number of benzene rings is 1. The molecule has 0 spiro atoms. The van der Waals surface area contributed by atoms with E-state index in [0.29, 0.717) is 21.2 Å². The third-order valence-electron chi connectivity index (χ3n) is 3.07. The topological polar surface area (TPSA) is 46.6 Å². The van der Waals surface area contributed by atoms with Gasteiger partial charge in [0.1, 0.15) is 4.88 Å². The summed E-state index contributed by atoms with van der Waals surface area (Å²) in [7, 11) is 2.91. The Balaban J connectivity index is 2.41. The fourth-order valence-corrected chi connectivity index (χ4v) is 3.13. The molecule has 0 aliphatic carbocycles. The van der Waals surface area contributed by atoms with Gasteiger partial charge in [-0.1, -0.05) is 23.7 Å². The number of anilines is 1. The van der Waals surface area contributed by atoms with Gasteiger partial charge in [0.15, 0.2) is 0 Å². The van der Waals surface area contributed by atoms with Crippen LogP contribution in [-0.2, 0) is 4.74 Å². The highest BCUT2D eigenvalue weighted by Gasteiger charge is 2.23. The summed E-state index contributed by atoms with van der Waals surface area (Å²) < 4.78 is 4.74. The minimum atomic E-state index is -0.487. The fraction of sp³-hybridized carbons (Fsp3) is 0.200. The summed E-state index contributed by atoms with van der Waals surface area (Å²) >= 11 is 7.42. The maximum Gasteiger partial charge on any atom is 0.339 e. The zero-order chi connectivity index (χ0) is 15.6. The number of carbonyl (C=O) groups excluding carboxylic acids is 2. The van der Waals surface area contributed by atoms with Gasteiger partial charge in [-0.25, -0.2) is 4.79 Å². The molecule has 0 bridgehead atoms. The Morgan fingerprint density at radius 2 is 1.95 bits per heavy atom. The van der Waals surface area contributed by atoms with Crippen LogP contribution in [0, 0.1) is 6.92 Å². The van der Waals surface area contributed by atoms with Gasteiger partial charge in [0, 0.05) is 7.05 Å². The van der Waals surface area contributed by atoms with E-state index in [2.05, 4.69) is 0 Å². The molecule has 2 rings (SSSR count). The predicted molar refractivity (Wildman–Crippen MR) is 84.6 cm³/mol. The molecule has 0 aliphatic rings. The first-order valence-electron chi connectivity index (χ1n) is 6.16. The summed E-state index contributed by atoms with van der Waals surface area (Å²) in [6, 6.07) is 6.79. The monoisotopic (exact) mass is 323 g/mol. The molecule has 0 saturated heterocycles. The average Bonchev–Trinajstić information content (AvgIpc) is 2.84. The molecule has 6 heteroatoms. The van der Waals surface area contributed by atoms with Crippen LogP contribution >= 0.6 is 22.9 Å². The number of aryl methyl sites for hydroxylation is 1. The predicted octanol–water partition coefficient (Wildman–Crippen LogP) is 3.77. The number of hydrogen-bond donors (Lipinski definition) is 0. The molecule has 0 N–H and O–H groups in total. The highest BCUT2D eigenvalue weighted by atomic mass is 35.5. The smallest absolute Gasteiger partial charge is 0.339 e. The quantitative estimate of drug-likeness (QED) is 0.808. The number of halogens is 1. The molecule has 110 valence electrons. The lowest BCUT2D eigenvalue weighted by atomic mass is 10.1. The van der Waals surface area contributed by atoms with Gasteiger partial charge in [0.05, 0.1) is 23.4 Å². The number of carbonyl (C=O) groups is 2. The number of amides is 1. The van der Waals surface area contributed by atoms with Gasteiger partial charge >= 0.3 is 5.97 Å². The molecule has 0 saturated carbocycles. The summed E-state index contributed by atoms with van der Waals surface area (Å²) in [5.74, 6) is -0.742. The molecule has 2 aromatic rings. The van der Waals surface area contributed by atoms with E-state index in [4.69, 9.17) is 16.3 Å². The summed E-state index contributed by atoms with van der Waals surface area (Å²) in [6.07, 6.45) is 0. The molecular weight excluding hydrogens is 310 g/mol. The molecular formula is C15H14ClNO3S. The van der Waals surface area contributed by atoms with Crippen molar-refractivity contribution >= 4 is 40.5 Å².